The van der Waals surface area contributed by atoms with E-state index in [1.54, 1.807) is 29.2 Å². The third-order valence-corrected chi connectivity index (χ3v) is 3.31. The molecular formula is C16H22N2O3. The molecule has 0 bridgehead atoms. The maximum Gasteiger partial charge on any atom is 0.254 e. The highest BCUT2D eigenvalue weighted by Crippen LogP contribution is 2.13. The van der Waals surface area contributed by atoms with Gasteiger partial charge in [-0.15, -0.1) is 0 Å². The van der Waals surface area contributed by atoms with Crippen LogP contribution in [0.3, 0.4) is 0 Å². The highest BCUT2D eigenvalue weighted by Gasteiger charge is 2.18. The van der Waals surface area contributed by atoms with E-state index in [2.05, 4.69) is 5.32 Å². The van der Waals surface area contributed by atoms with Crippen LogP contribution in [0.25, 0.3) is 0 Å². The standard InChI is InChI=1S/C16H22N2O3/c1-12(2)11-15(19)17-14-5-3-13(4-6-14)16(20)18-7-9-21-10-8-18/h3-6,12H,7-11H2,1-2H3,(H,17,19). The summed E-state index contributed by atoms with van der Waals surface area (Å²) in [6.07, 6.45) is 0.495. The van der Waals surface area contributed by atoms with Gasteiger partial charge in [0.1, 0.15) is 0 Å². The number of ether oxygens (including phenoxy) is 1. The van der Waals surface area contributed by atoms with E-state index in [0.717, 1.165) is 5.69 Å². The third-order valence-electron chi connectivity index (χ3n) is 3.31. The summed E-state index contributed by atoms with van der Waals surface area (Å²) in [6.45, 7) is 6.45. The molecule has 1 aliphatic rings. The monoisotopic (exact) mass is 290 g/mol. The molecule has 2 rings (SSSR count). The highest BCUT2D eigenvalue weighted by atomic mass is 16.5. The second-order valence-electron chi connectivity index (χ2n) is 5.63. The van der Waals surface area contributed by atoms with Crippen LogP contribution >= 0.6 is 0 Å². The van der Waals surface area contributed by atoms with Gasteiger partial charge in [0.05, 0.1) is 13.2 Å². The second-order valence-corrected chi connectivity index (χ2v) is 5.63. The molecule has 0 aliphatic carbocycles. The SMILES string of the molecule is CC(C)CC(=O)Nc1ccc(C(=O)N2CCOCC2)cc1. The molecule has 1 heterocycles. The van der Waals surface area contributed by atoms with Crippen LogP contribution in [0.15, 0.2) is 24.3 Å². The summed E-state index contributed by atoms with van der Waals surface area (Å²) < 4.78 is 5.24. The van der Waals surface area contributed by atoms with Crippen molar-refractivity contribution in [3.63, 3.8) is 0 Å². The maximum absolute atomic E-state index is 12.3. The molecule has 0 atom stereocenters. The molecule has 5 nitrogen and oxygen atoms in total. The quantitative estimate of drug-likeness (QED) is 0.924. The van der Waals surface area contributed by atoms with Gasteiger partial charge in [-0.1, -0.05) is 13.8 Å². The second kappa shape index (κ2) is 7.22. The Bertz CT molecular complexity index is 491. The first-order valence-electron chi connectivity index (χ1n) is 7.33. The number of anilines is 1. The zero-order valence-corrected chi connectivity index (χ0v) is 12.6. The summed E-state index contributed by atoms with van der Waals surface area (Å²) in [5.74, 6) is 0.336. The van der Waals surface area contributed by atoms with Crippen molar-refractivity contribution in [1.82, 2.24) is 4.90 Å². The molecule has 114 valence electrons. The van der Waals surface area contributed by atoms with Crippen LogP contribution in [0.1, 0.15) is 30.6 Å². The van der Waals surface area contributed by atoms with Crippen LogP contribution < -0.4 is 5.32 Å². The Kier molecular flexibility index (Phi) is 5.33. The van der Waals surface area contributed by atoms with Crippen molar-refractivity contribution in [2.24, 2.45) is 5.92 Å². The van der Waals surface area contributed by atoms with E-state index in [-0.39, 0.29) is 11.8 Å². The number of hydrogen-bond acceptors (Lipinski definition) is 3. The lowest BCUT2D eigenvalue weighted by Crippen LogP contribution is -2.40. The average molecular weight is 290 g/mol. The summed E-state index contributed by atoms with van der Waals surface area (Å²) in [5.41, 5.74) is 1.36. The minimum Gasteiger partial charge on any atom is -0.378 e. The molecule has 1 saturated heterocycles. The van der Waals surface area contributed by atoms with E-state index < -0.39 is 0 Å². The molecule has 0 spiro atoms. The lowest BCUT2D eigenvalue weighted by molar-refractivity contribution is -0.116. The predicted octanol–water partition coefficient (Wildman–Crippen LogP) is 2.14. The van der Waals surface area contributed by atoms with E-state index in [1.807, 2.05) is 13.8 Å². The van der Waals surface area contributed by atoms with E-state index in [1.165, 1.54) is 0 Å². The van der Waals surface area contributed by atoms with Crippen molar-refractivity contribution in [2.75, 3.05) is 31.6 Å². The normalized spacial score (nSPS) is 15.1. The van der Waals surface area contributed by atoms with E-state index in [9.17, 15) is 9.59 Å². The van der Waals surface area contributed by atoms with Crippen molar-refractivity contribution >= 4 is 17.5 Å². The minimum atomic E-state index is -0.00254. The smallest absolute Gasteiger partial charge is 0.254 e. The summed E-state index contributed by atoms with van der Waals surface area (Å²) in [6, 6.07) is 7.05. The molecule has 1 N–H and O–H groups in total. The first kappa shape index (κ1) is 15.5. The van der Waals surface area contributed by atoms with Gasteiger partial charge >= 0.3 is 0 Å². The number of nitrogens with one attached hydrogen (secondary N) is 1. The van der Waals surface area contributed by atoms with Crippen LogP contribution in [-0.4, -0.2) is 43.0 Å². The van der Waals surface area contributed by atoms with Crippen LogP contribution in [0.5, 0.6) is 0 Å². The van der Waals surface area contributed by atoms with Crippen LogP contribution in [-0.2, 0) is 9.53 Å². The van der Waals surface area contributed by atoms with Gasteiger partial charge < -0.3 is 15.0 Å². The summed E-state index contributed by atoms with van der Waals surface area (Å²) in [5, 5.41) is 2.84. The van der Waals surface area contributed by atoms with Gasteiger partial charge in [-0.2, -0.15) is 0 Å². The molecule has 21 heavy (non-hydrogen) atoms. The fourth-order valence-corrected chi connectivity index (χ4v) is 2.23. The summed E-state index contributed by atoms with van der Waals surface area (Å²) in [7, 11) is 0. The Labute approximate surface area is 125 Å². The summed E-state index contributed by atoms with van der Waals surface area (Å²) in [4.78, 5) is 25.7. The van der Waals surface area contributed by atoms with Gasteiger partial charge in [0.2, 0.25) is 5.91 Å². The van der Waals surface area contributed by atoms with Crippen molar-refractivity contribution in [3.8, 4) is 0 Å². The molecule has 0 radical (unpaired) electrons. The lowest BCUT2D eigenvalue weighted by atomic mass is 10.1. The zero-order chi connectivity index (χ0) is 15.2. The molecule has 0 aromatic heterocycles. The molecule has 1 fully saturated rings. The lowest BCUT2D eigenvalue weighted by Gasteiger charge is -2.26. The Balaban J connectivity index is 1.95. The van der Waals surface area contributed by atoms with E-state index in [0.29, 0.717) is 44.2 Å². The third kappa shape index (κ3) is 4.56. The molecular weight excluding hydrogens is 268 g/mol. The van der Waals surface area contributed by atoms with Crippen LogP contribution in [0.4, 0.5) is 5.69 Å². The Morgan fingerprint density at radius 3 is 2.38 bits per heavy atom. The van der Waals surface area contributed by atoms with E-state index in [4.69, 9.17) is 4.74 Å². The van der Waals surface area contributed by atoms with Crippen LogP contribution in [0, 0.1) is 5.92 Å². The number of rotatable bonds is 4. The Morgan fingerprint density at radius 1 is 1.19 bits per heavy atom. The van der Waals surface area contributed by atoms with Crippen LogP contribution in [0.2, 0.25) is 0 Å². The first-order chi connectivity index (χ1) is 10.1. The molecule has 0 unspecified atom stereocenters. The van der Waals surface area contributed by atoms with Gasteiger partial charge in [-0.25, -0.2) is 0 Å². The molecule has 1 aromatic carbocycles. The molecule has 0 saturated carbocycles. The van der Waals surface area contributed by atoms with Gasteiger partial charge in [0.25, 0.3) is 5.91 Å². The van der Waals surface area contributed by atoms with Crippen molar-refractivity contribution in [3.05, 3.63) is 29.8 Å². The fraction of sp³-hybridized carbons (Fsp3) is 0.500. The highest BCUT2D eigenvalue weighted by molar-refractivity contribution is 5.95. The number of carbonyl (C=O) groups is 2. The zero-order valence-electron chi connectivity index (χ0n) is 12.6. The van der Waals surface area contributed by atoms with Crippen molar-refractivity contribution in [1.29, 1.82) is 0 Å². The Morgan fingerprint density at radius 2 is 1.81 bits per heavy atom. The molecule has 1 aliphatic heterocycles. The number of benzene rings is 1. The topological polar surface area (TPSA) is 58.6 Å². The first-order valence-corrected chi connectivity index (χ1v) is 7.33. The maximum atomic E-state index is 12.3. The Hall–Kier alpha value is -1.88. The van der Waals surface area contributed by atoms with Gasteiger partial charge in [0.15, 0.2) is 0 Å². The number of morpholine rings is 1. The number of hydrogen-bond donors (Lipinski definition) is 1. The number of carbonyl (C=O) groups excluding carboxylic acids is 2. The largest absolute Gasteiger partial charge is 0.378 e. The van der Waals surface area contributed by atoms with Gasteiger partial charge in [-0.3, -0.25) is 9.59 Å². The molecule has 5 heteroatoms. The number of amides is 2. The minimum absolute atomic E-state index is 0.00254. The predicted molar refractivity (Wildman–Crippen MR) is 81.2 cm³/mol. The van der Waals surface area contributed by atoms with E-state index >= 15 is 0 Å². The van der Waals surface area contributed by atoms with Gasteiger partial charge in [0, 0.05) is 30.8 Å². The number of nitrogens with zero attached hydrogens (tertiary/aromatic N) is 1. The average Bonchev–Trinajstić information content (AvgIpc) is 2.47. The van der Waals surface area contributed by atoms with Crippen molar-refractivity contribution < 1.29 is 14.3 Å². The molecule has 2 amide bonds. The fourth-order valence-electron chi connectivity index (χ4n) is 2.23. The van der Waals surface area contributed by atoms with Gasteiger partial charge in [-0.05, 0) is 30.2 Å². The van der Waals surface area contributed by atoms with Crippen molar-refractivity contribution in [2.45, 2.75) is 20.3 Å². The summed E-state index contributed by atoms with van der Waals surface area (Å²) >= 11 is 0. The molecule has 1 aromatic rings.